The number of para-hydroxylation sites is 1. The molecule has 0 saturated carbocycles. The van der Waals surface area contributed by atoms with Crippen molar-refractivity contribution in [1.29, 1.82) is 0 Å². The van der Waals surface area contributed by atoms with Crippen LogP contribution in [0.3, 0.4) is 0 Å². The lowest BCUT2D eigenvalue weighted by molar-refractivity contribution is -0.121. The Morgan fingerprint density at radius 2 is 2.19 bits per heavy atom. The fourth-order valence-corrected chi connectivity index (χ4v) is 3.21. The van der Waals surface area contributed by atoms with Crippen LogP contribution in [0.4, 0.5) is 0 Å². The van der Waals surface area contributed by atoms with E-state index in [1.807, 2.05) is 18.2 Å². The van der Waals surface area contributed by atoms with E-state index in [2.05, 4.69) is 35.5 Å². The molecule has 0 bridgehead atoms. The number of thiazole rings is 1. The highest BCUT2D eigenvalue weighted by atomic mass is 32.1. The highest BCUT2D eigenvalue weighted by Crippen LogP contribution is 2.22. The molecule has 2 rings (SSSR count). The zero-order valence-corrected chi connectivity index (χ0v) is 13.5. The Morgan fingerprint density at radius 1 is 1.38 bits per heavy atom. The smallest absolute Gasteiger partial charge is 0.220 e. The number of nitrogens with zero attached hydrogens (tertiary/aromatic N) is 1. The Morgan fingerprint density at radius 3 is 2.95 bits per heavy atom. The summed E-state index contributed by atoms with van der Waals surface area (Å²) in [6.45, 7) is 5.75. The third-order valence-electron chi connectivity index (χ3n) is 3.29. The predicted octanol–water partition coefficient (Wildman–Crippen LogP) is 2.73. The molecule has 1 atom stereocenters. The molecule has 2 aromatic rings. The topological polar surface area (TPSA) is 54.0 Å². The second kappa shape index (κ2) is 8.10. The SMILES string of the molecule is CCN[C@H](C)CNC(=O)CCCc1nc2ccccc2s1. The minimum atomic E-state index is 0.126. The molecule has 1 amide bonds. The summed E-state index contributed by atoms with van der Waals surface area (Å²) in [5.74, 6) is 0.126. The van der Waals surface area contributed by atoms with Crippen LogP contribution in [-0.2, 0) is 11.2 Å². The molecule has 0 aliphatic carbocycles. The lowest BCUT2D eigenvalue weighted by atomic mass is 10.2. The van der Waals surface area contributed by atoms with Crippen LogP contribution < -0.4 is 10.6 Å². The van der Waals surface area contributed by atoms with Gasteiger partial charge in [-0.15, -0.1) is 11.3 Å². The Balaban J connectivity index is 1.70. The van der Waals surface area contributed by atoms with Gasteiger partial charge in [0.15, 0.2) is 0 Å². The van der Waals surface area contributed by atoms with Gasteiger partial charge in [0.05, 0.1) is 15.2 Å². The molecule has 5 heteroatoms. The maximum atomic E-state index is 11.8. The number of hydrogen-bond donors (Lipinski definition) is 2. The Bertz CT molecular complexity index is 549. The van der Waals surface area contributed by atoms with Crippen LogP contribution in [0.5, 0.6) is 0 Å². The second-order valence-corrected chi connectivity index (χ2v) is 6.31. The molecule has 2 N–H and O–H groups in total. The summed E-state index contributed by atoms with van der Waals surface area (Å²) < 4.78 is 1.22. The average molecular weight is 305 g/mol. The quantitative estimate of drug-likeness (QED) is 0.788. The van der Waals surface area contributed by atoms with E-state index < -0.39 is 0 Å². The number of aromatic nitrogens is 1. The van der Waals surface area contributed by atoms with Gasteiger partial charge in [0.25, 0.3) is 0 Å². The van der Waals surface area contributed by atoms with Crippen LogP contribution in [0, 0.1) is 0 Å². The van der Waals surface area contributed by atoms with E-state index in [9.17, 15) is 4.79 Å². The molecule has 21 heavy (non-hydrogen) atoms. The summed E-state index contributed by atoms with van der Waals surface area (Å²) in [5.41, 5.74) is 1.06. The number of fused-ring (bicyclic) bond motifs is 1. The van der Waals surface area contributed by atoms with E-state index in [0.29, 0.717) is 19.0 Å². The molecule has 0 spiro atoms. The van der Waals surface area contributed by atoms with E-state index >= 15 is 0 Å². The van der Waals surface area contributed by atoms with Gasteiger partial charge < -0.3 is 10.6 Å². The Labute approximate surface area is 130 Å². The predicted molar refractivity (Wildman–Crippen MR) is 88.7 cm³/mol. The molecule has 0 fully saturated rings. The number of aryl methyl sites for hydroxylation is 1. The first-order valence-electron chi connectivity index (χ1n) is 7.53. The van der Waals surface area contributed by atoms with Gasteiger partial charge in [-0.2, -0.15) is 0 Å². The molecule has 0 aliphatic rings. The van der Waals surface area contributed by atoms with Gasteiger partial charge in [0.1, 0.15) is 0 Å². The minimum Gasteiger partial charge on any atom is -0.355 e. The summed E-state index contributed by atoms with van der Waals surface area (Å²) in [4.78, 5) is 16.3. The molecule has 4 nitrogen and oxygen atoms in total. The number of rotatable bonds is 8. The van der Waals surface area contributed by atoms with Crippen LogP contribution in [0.25, 0.3) is 10.2 Å². The van der Waals surface area contributed by atoms with Gasteiger partial charge >= 0.3 is 0 Å². The van der Waals surface area contributed by atoms with Crippen LogP contribution >= 0.6 is 11.3 Å². The molecule has 114 valence electrons. The monoisotopic (exact) mass is 305 g/mol. The number of carbonyl (C=O) groups excluding carboxylic acids is 1. The Hall–Kier alpha value is -1.46. The first-order valence-corrected chi connectivity index (χ1v) is 8.35. The van der Waals surface area contributed by atoms with Gasteiger partial charge in [0, 0.05) is 19.0 Å². The van der Waals surface area contributed by atoms with E-state index in [-0.39, 0.29) is 5.91 Å². The number of likely N-dealkylation sites (N-methyl/N-ethyl adjacent to an activating group) is 1. The summed E-state index contributed by atoms with van der Waals surface area (Å²) >= 11 is 1.72. The van der Waals surface area contributed by atoms with Crippen molar-refractivity contribution in [1.82, 2.24) is 15.6 Å². The molecule has 1 heterocycles. The van der Waals surface area contributed by atoms with Crippen molar-refractivity contribution in [3.8, 4) is 0 Å². The van der Waals surface area contributed by atoms with Crippen molar-refractivity contribution in [3.05, 3.63) is 29.3 Å². The van der Waals surface area contributed by atoms with E-state index in [1.54, 1.807) is 11.3 Å². The number of hydrogen-bond acceptors (Lipinski definition) is 4. The van der Waals surface area contributed by atoms with Crippen molar-refractivity contribution in [2.75, 3.05) is 13.1 Å². The van der Waals surface area contributed by atoms with Crippen LogP contribution in [0.1, 0.15) is 31.7 Å². The summed E-state index contributed by atoms with van der Waals surface area (Å²) in [7, 11) is 0. The largest absolute Gasteiger partial charge is 0.355 e. The molecular formula is C16H23N3OS. The zero-order chi connectivity index (χ0) is 15.1. The zero-order valence-electron chi connectivity index (χ0n) is 12.7. The second-order valence-electron chi connectivity index (χ2n) is 5.19. The highest BCUT2D eigenvalue weighted by molar-refractivity contribution is 7.18. The third-order valence-corrected chi connectivity index (χ3v) is 4.39. The van der Waals surface area contributed by atoms with E-state index in [0.717, 1.165) is 29.9 Å². The van der Waals surface area contributed by atoms with Crippen molar-refractivity contribution in [2.45, 2.75) is 39.2 Å². The van der Waals surface area contributed by atoms with Gasteiger partial charge in [-0.05, 0) is 38.4 Å². The molecule has 0 saturated heterocycles. The molecule has 0 radical (unpaired) electrons. The molecule has 1 aromatic heterocycles. The number of benzene rings is 1. The van der Waals surface area contributed by atoms with Crippen LogP contribution in [-0.4, -0.2) is 30.0 Å². The summed E-state index contributed by atoms with van der Waals surface area (Å²) in [6, 6.07) is 8.48. The van der Waals surface area contributed by atoms with Crippen molar-refractivity contribution >= 4 is 27.5 Å². The third kappa shape index (κ3) is 5.10. The fraction of sp³-hybridized carbons (Fsp3) is 0.500. The van der Waals surface area contributed by atoms with Crippen molar-refractivity contribution in [3.63, 3.8) is 0 Å². The summed E-state index contributed by atoms with van der Waals surface area (Å²) in [6.07, 6.45) is 2.28. The van der Waals surface area contributed by atoms with Crippen LogP contribution in [0.15, 0.2) is 24.3 Å². The van der Waals surface area contributed by atoms with Gasteiger partial charge in [-0.25, -0.2) is 4.98 Å². The number of amides is 1. The Kier molecular flexibility index (Phi) is 6.14. The van der Waals surface area contributed by atoms with Gasteiger partial charge in [0.2, 0.25) is 5.91 Å². The fourth-order valence-electron chi connectivity index (χ4n) is 2.20. The maximum Gasteiger partial charge on any atom is 0.220 e. The number of nitrogens with one attached hydrogen (secondary N) is 2. The van der Waals surface area contributed by atoms with E-state index in [1.165, 1.54) is 4.70 Å². The minimum absolute atomic E-state index is 0.126. The summed E-state index contributed by atoms with van der Waals surface area (Å²) in [5, 5.41) is 7.35. The standard InChI is InChI=1S/C16H23N3OS/c1-3-17-12(2)11-18-15(20)9-6-10-16-19-13-7-4-5-8-14(13)21-16/h4-5,7-8,12,17H,3,6,9-11H2,1-2H3,(H,18,20)/t12-/m1/s1. The highest BCUT2D eigenvalue weighted by Gasteiger charge is 2.06. The molecule has 1 aromatic carbocycles. The average Bonchev–Trinajstić information content (AvgIpc) is 2.88. The van der Waals surface area contributed by atoms with Gasteiger partial charge in [-0.3, -0.25) is 4.79 Å². The molecule has 0 unspecified atom stereocenters. The van der Waals surface area contributed by atoms with Crippen molar-refractivity contribution < 1.29 is 4.79 Å². The first kappa shape index (κ1) is 15.9. The number of carbonyl (C=O) groups is 1. The first-order chi connectivity index (χ1) is 10.2. The maximum absolute atomic E-state index is 11.8. The van der Waals surface area contributed by atoms with Crippen LogP contribution in [0.2, 0.25) is 0 Å². The van der Waals surface area contributed by atoms with Gasteiger partial charge in [-0.1, -0.05) is 19.1 Å². The lowest BCUT2D eigenvalue weighted by Crippen LogP contribution is -2.38. The molecule has 0 aliphatic heterocycles. The molecular weight excluding hydrogens is 282 g/mol. The van der Waals surface area contributed by atoms with E-state index in [4.69, 9.17) is 0 Å². The van der Waals surface area contributed by atoms with Crippen molar-refractivity contribution in [2.24, 2.45) is 0 Å². The lowest BCUT2D eigenvalue weighted by Gasteiger charge is -2.12. The normalized spacial score (nSPS) is 12.5.